The highest BCUT2D eigenvalue weighted by atomic mass is 35.5. The van der Waals surface area contributed by atoms with Crippen molar-refractivity contribution in [3.05, 3.63) is 83.1 Å². The van der Waals surface area contributed by atoms with E-state index in [0.717, 1.165) is 24.3 Å². The Hall–Kier alpha value is -2.62. The Bertz CT molecular complexity index is 1240. The number of anilines is 2. The normalized spacial score (nSPS) is 11.8. The summed E-state index contributed by atoms with van der Waals surface area (Å²) in [5.74, 6) is -0.555. The Morgan fingerprint density at radius 3 is 1.86 bits per heavy atom. The first-order chi connectivity index (χ1) is 13.6. The second-order valence-corrected chi connectivity index (χ2v) is 9.87. The fraction of sp³-hybridized carbons (Fsp3) is 0.0526. The van der Waals surface area contributed by atoms with Gasteiger partial charge in [-0.15, -0.1) is 0 Å². The molecule has 0 spiro atoms. The van der Waals surface area contributed by atoms with E-state index in [-0.39, 0.29) is 15.5 Å². The van der Waals surface area contributed by atoms with Gasteiger partial charge < -0.3 is 0 Å². The molecule has 3 aromatic carbocycles. The van der Waals surface area contributed by atoms with Crippen molar-refractivity contribution in [3.8, 4) is 0 Å². The average Bonchev–Trinajstić information content (AvgIpc) is 2.66. The largest absolute Gasteiger partial charge is 0.280 e. The van der Waals surface area contributed by atoms with Crippen molar-refractivity contribution in [1.29, 1.82) is 0 Å². The number of hydrogen-bond donors (Lipinski definition) is 2. The van der Waals surface area contributed by atoms with Crippen LogP contribution in [0.15, 0.2) is 76.5 Å². The molecule has 152 valence electrons. The van der Waals surface area contributed by atoms with Crippen LogP contribution in [0, 0.1) is 12.7 Å². The van der Waals surface area contributed by atoms with Gasteiger partial charge in [-0.2, -0.15) is 0 Å². The molecule has 2 N–H and O–H groups in total. The lowest BCUT2D eigenvalue weighted by molar-refractivity contribution is 0.599. The van der Waals surface area contributed by atoms with Gasteiger partial charge in [-0.1, -0.05) is 17.7 Å². The molecule has 29 heavy (non-hydrogen) atoms. The van der Waals surface area contributed by atoms with Crippen LogP contribution in [0.2, 0.25) is 5.02 Å². The third-order valence-corrected chi connectivity index (χ3v) is 7.24. The summed E-state index contributed by atoms with van der Waals surface area (Å²) in [6.45, 7) is 1.69. The van der Waals surface area contributed by atoms with Gasteiger partial charge in [0.2, 0.25) is 0 Å². The molecule has 0 fully saturated rings. The van der Waals surface area contributed by atoms with Gasteiger partial charge in [-0.3, -0.25) is 9.44 Å². The first-order valence-electron chi connectivity index (χ1n) is 8.25. The molecule has 3 rings (SSSR count). The molecule has 6 nitrogen and oxygen atoms in total. The molecule has 3 aromatic rings. The topological polar surface area (TPSA) is 92.3 Å². The molecule has 0 aliphatic rings. The highest BCUT2D eigenvalue weighted by Gasteiger charge is 2.18. The molecule has 0 bridgehead atoms. The lowest BCUT2D eigenvalue weighted by Crippen LogP contribution is -2.15. The maximum absolute atomic E-state index is 13.0. The first kappa shape index (κ1) is 21.1. The minimum Gasteiger partial charge on any atom is -0.280 e. The van der Waals surface area contributed by atoms with Crippen LogP contribution in [-0.4, -0.2) is 16.8 Å². The van der Waals surface area contributed by atoms with E-state index >= 15 is 0 Å². The number of nitrogens with one attached hydrogen (secondary N) is 2. The Kier molecular flexibility index (Phi) is 5.83. The molecule has 0 unspecified atom stereocenters. The Labute approximate surface area is 173 Å². The summed E-state index contributed by atoms with van der Waals surface area (Å²) in [6, 6.07) is 14.4. The molecular formula is C19H16ClFN2O4S2. The maximum Gasteiger partial charge on any atom is 0.261 e. The van der Waals surface area contributed by atoms with Crippen LogP contribution in [0.5, 0.6) is 0 Å². The molecule has 10 heteroatoms. The number of halogens is 2. The van der Waals surface area contributed by atoms with Crippen molar-refractivity contribution in [1.82, 2.24) is 0 Å². The zero-order valence-electron chi connectivity index (χ0n) is 15.1. The Balaban J connectivity index is 1.80. The SMILES string of the molecule is Cc1c(Cl)cccc1NS(=O)(=O)c1ccc(NS(=O)(=O)c2ccc(F)cc2)cc1. The van der Waals surface area contributed by atoms with Crippen LogP contribution in [-0.2, 0) is 20.0 Å². The predicted molar refractivity (Wildman–Crippen MR) is 111 cm³/mol. The third-order valence-electron chi connectivity index (χ3n) is 4.05. The van der Waals surface area contributed by atoms with Crippen LogP contribution in [0.3, 0.4) is 0 Å². The van der Waals surface area contributed by atoms with E-state index in [0.29, 0.717) is 16.3 Å². The van der Waals surface area contributed by atoms with Gasteiger partial charge in [-0.25, -0.2) is 21.2 Å². The van der Waals surface area contributed by atoms with E-state index in [2.05, 4.69) is 9.44 Å². The molecule has 0 aromatic heterocycles. The van der Waals surface area contributed by atoms with E-state index in [1.807, 2.05) is 0 Å². The van der Waals surface area contributed by atoms with E-state index in [1.165, 1.54) is 24.3 Å². The second-order valence-electron chi connectivity index (χ2n) is 6.10. The zero-order valence-corrected chi connectivity index (χ0v) is 17.4. The molecule has 0 saturated heterocycles. The second kappa shape index (κ2) is 8.02. The summed E-state index contributed by atoms with van der Waals surface area (Å²) in [7, 11) is -7.83. The molecule has 0 heterocycles. The number of hydrogen-bond acceptors (Lipinski definition) is 4. The van der Waals surface area contributed by atoms with E-state index in [1.54, 1.807) is 25.1 Å². The fourth-order valence-corrected chi connectivity index (χ4v) is 4.81. The Morgan fingerprint density at radius 1 is 0.759 bits per heavy atom. The standard InChI is InChI=1S/C19H16ClFN2O4S2/c1-13-18(20)3-2-4-19(13)23-29(26,27)17-11-7-15(8-12-17)22-28(24,25)16-9-5-14(21)6-10-16/h2-12,22-23H,1H3. The molecule has 0 atom stereocenters. The lowest BCUT2D eigenvalue weighted by atomic mass is 10.2. The van der Waals surface area contributed by atoms with Gasteiger partial charge in [0.25, 0.3) is 20.0 Å². The van der Waals surface area contributed by atoms with Crippen molar-refractivity contribution in [2.75, 3.05) is 9.44 Å². The van der Waals surface area contributed by atoms with Crippen molar-refractivity contribution < 1.29 is 21.2 Å². The quantitative estimate of drug-likeness (QED) is 0.577. The smallest absolute Gasteiger partial charge is 0.261 e. The maximum atomic E-state index is 13.0. The summed E-state index contributed by atoms with van der Waals surface area (Å²) < 4.78 is 67.6. The van der Waals surface area contributed by atoms with E-state index in [9.17, 15) is 21.2 Å². The molecule has 0 radical (unpaired) electrons. The fourth-order valence-electron chi connectivity index (χ4n) is 2.45. The van der Waals surface area contributed by atoms with Crippen molar-refractivity contribution >= 4 is 43.0 Å². The molecule has 0 aliphatic heterocycles. The van der Waals surface area contributed by atoms with Crippen LogP contribution in [0.25, 0.3) is 0 Å². The summed E-state index contributed by atoms with van der Waals surface area (Å²) in [4.78, 5) is -0.171. The van der Waals surface area contributed by atoms with Gasteiger partial charge in [0, 0.05) is 10.7 Å². The van der Waals surface area contributed by atoms with Crippen LogP contribution >= 0.6 is 11.6 Å². The van der Waals surface area contributed by atoms with E-state index in [4.69, 9.17) is 11.6 Å². The summed E-state index contributed by atoms with van der Waals surface area (Å²) in [5, 5.41) is 0.427. The Morgan fingerprint density at radius 2 is 1.28 bits per heavy atom. The predicted octanol–water partition coefficient (Wildman–Crippen LogP) is 4.39. The minimum absolute atomic E-state index is 0.0541. The molecule has 0 saturated carbocycles. The van der Waals surface area contributed by atoms with Crippen LogP contribution in [0.4, 0.5) is 15.8 Å². The number of benzene rings is 3. The molecule has 0 aliphatic carbocycles. The molecular weight excluding hydrogens is 439 g/mol. The summed E-state index contributed by atoms with van der Waals surface area (Å²) >= 11 is 6.01. The highest BCUT2D eigenvalue weighted by Crippen LogP contribution is 2.26. The van der Waals surface area contributed by atoms with Crippen molar-refractivity contribution in [3.63, 3.8) is 0 Å². The zero-order chi connectivity index (χ0) is 21.2. The van der Waals surface area contributed by atoms with E-state index < -0.39 is 25.9 Å². The third kappa shape index (κ3) is 4.87. The lowest BCUT2D eigenvalue weighted by Gasteiger charge is -2.12. The van der Waals surface area contributed by atoms with Gasteiger partial charge >= 0.3 is 0 Å². The first-order valence-corrected chi connectivity index (χ1v) is 11.6. The van der Waals surface area contributed by atoms with Crippen molar-refractivity contribution in [2.45, 2.75) is 16.7 Å². The summed E-state index contributed by atoms with van der Waals surface area (Å²) in [6.07, 6.45) is 0. The van der Waals surface area contributed by atoms with Crippen molar-refractivity contribution in [2.24, 2.45) is 0 Å². The van der Waals surface area contributed by atoms with Gasteiger partial charge in [0.1, 0.15) is 5.82 Å². The monoisotopic (exact) mass is 454 g/mol. The van der Waals surface area contributed by atoms with Gasteiger partial charge in [0.15, 0.2) is 0 Å². The average molecular weight is 455 g/mol. The summed E-state index contributed by atoms with van der Waals surface area (Å²) in [5.41, 5.74) is 1.09. The van der Waals surface area contributed by atoms with Crippen LogP contribution in [0.1, 0.15) is 5.56 Å². The number of sulfonamides is 2. The molecule has 0 amide bonds. The van der Waals surface area contributed by atoms with Gasteiger partial charge in [-0.05, 0) is 73.2 Å². The number of rotatable bonds is 6. The van der Waals surface area contributed by atoms with Gasteiger partial charge in [0.05, 0.1) is 15.5 Å². The minimum atomic E-state index is -3.93. The van der Waals surface area contributed by atoms with Crippen LogP contribution < -0.4 is 9.44 Å². The highest BCUT2D eigenvalue weighted by molar-refractivity contribution is 7.93.